The maximum Gasteiger partial charge on any atom is 0.387 e. The number of amides is 1. The molecule has 0 aliphatic heterocycles. The molecule has 2 heterocycles. The van der Waals surface area contributed by atoms with E-state index in [0.717, 1.165) is 12.8 Å². The number of carboxylic acids is 1. The Balaban J connectivity index is 1.39. The number of nitrogens with one attached hydrogen (secondary N) is 1. The van der Waals surface area contributed by atoms with Gasteiger partial charge in [0.05, 0.1) is 12.5 Å². The number of halogens is 2. The van der Waals surface area contributed by atoms with Crippen LogP contribution >= 0.6 is 0 Å². The van der Waals surface area contributed by atoms with Gasteiger partial charge in [-0.2, -0.15) is 13.6 Å². The highest BCUT2D eigenvalue weighted by Gasteiger charge is 2.26. The van der Waals surface area contributed by atoms with Crippen LogP contribution in [-0.2, 0) is 17.9 Å². The van der Waals surface area contributed by atoms with Crippen molar-refractivity contribution in [3.05, 3.63) is 53.3 Å². The summed E-state index contributed by atoms with van der Waals surface area (Å²) in [5, 5.41) is 24.6. The van der Waals surface area contributed by atoms with Crippen molar-refractivity contribution in [3.63, 3.8) is 0 Å². The zero-order valence-electron chi connectivity index (χ0n) is 19.6. The lowest BCUT2D eigenvalue weighted by Crippen LogP contribution is -2.24. The standard InChI is InChI=1S/C24H26F2N6O4/c1-14-9-18(21-29-31-32(30-21)13-15-5-7-17(8-6-15)23(34)35)11-20(28-14)22(33)27-12-16-3-2-4-19(10-16)36-24(25)26/h2-4,9-11,15,17,24H,5-8,12-13H2,1H3,(H,27,33)(H,34,35). The summed E-state index contributed by atoms with van der Waals surface area (Å²) in [7, 11) is 0. The molecule has 36 heavy (non-hydrogen) atoms. The molecule has 1 fully saturated rings. The number of pyridine rings is 1. The Hall–Kier alpha value is -3.96. The van der Waals surface area contributed by atoms with E-state index < -0.39 is 18.5 Å². The molecular formula is C24H26F2N6O4. The summed E-state index contributed by atoms with van der Waals surface area (Å²) in [6.07, 6.45) is 2.88. The van der Waals surface area contributed by atoms with Crippen molar-refractivity contribution in [1.82, 2.24) is 30.5 Å². The molecule has 0 radical (unpaired) electrons. The predicted octanol–water partition coefficient (Wildman–Crippen LogP) is 3.47. The van der Waals surface area contributed by atoms with E-state index in [1.165, 1.54) is 16.9 Å². The lowest BCUT2D eigenvalue weighted by atomic mass is 9.82. The average molecular weight is 501 g/mol. The van der Waals surface area contributed by atoms with Gasteiger partial charge in [-0.05, 0) is 73.6 Å². The van der Waals surface area contributed by atoms with Gasteiger partial charge < -0.3 is 15.2 Å². The third-order valence-electron chi connectivity index (χ3n) is 6.09. The number of carboxylic acid groups (broad SMARTS) is 1. The number of carbonyl (C=O) groups is 2. The van der Waals surface area contributed by atoms with E-state index in [2.05, 4.69) is 30.4 Å². The first-order valence-electron chi connectivity index (χ1n) is 11.6. The van der Waals surface area contributed by atoms with Gasteiger partial charge in [0.2, 0.25) is 5.82 Å². The third kappa shape index (κ3) is 6.58. The second-order valence-corrected chi connectivity index (χ2v) is 8.81. The largest absolute Gasteiger partial charge is 0.481 e. The summed E-state index contributed by atoms with van der Waals surface area (Å²) in [5.41, 5.74) is 1.93. The fourth-order valence-electron chi connectivity index (χ4n) is 4.28. The maximum absolute atomic E-state index is 12.7. The first-order valence-corrected chi connectivity index (χ1v) is 11.6. The highest BCUT2D eigenvalue weighted by Crippen LogP contribution is 2.30. The van der Waals surface area contributed by atoms with E-state index >= 15 is 0 Å². The number of benzene rings is 1. The Labute approximate surface area is 205 Å². The van der Waals surface area contributed by atoms with Crippen LogP contribution in [0.1, 0.15) is 47.4 Å². The lowest BCUT2D eigenvalue weighted by molar-refractivity contribution is -0.143. The van der Waals surface area contributed by atoms with Gasteiger partial charge in [0.25, 0.3) is 5.91 Å². The fourth-order valence-corrected chi connectivity index (χ4v) is 4.28. The van der Waals surface area contributed by atoms with Gasteiger partial charge >= 0.3 is 12.6 Å². The van der Waals surface area contributed by atoms with E-state index in [0.29, 0.717) is 42.0 Å². The van der Waals surface area contributed by atoms with E-state index in [-0.39, 0.29) is 29.8 Å². The smallest absolute Gasteiger partial charge is 0.387 e. The fraction of sp³-hybridized carbons (Fsp3) is 0.417. The second-order valence-electron chi connectivity index (χ2n) is 8.81. The van der Waals surface area contributed by atoms with Crippen LogP contribution in [0.3, 0.4) is 0 Å². The van der Waals surface area contributed by atoms with Gasteiger partial charge in [-0.15, -0.1) is 10.2 Å². The lowest BCUT2D eigenvalue weighted by Gasteiger charge is -2.25. The Morgan fingerprint density at radius 3 is 2.69 bits per heavy atom. The zero-order chi connectivity index (χ0) is 25.7. The molecule has 0 saturated heterocycles. The van der Waals surface area contributed by atoms with Crippen molar-refractivity contribution in [2.45, 2.75) is 52.3 Å². The monoisotopic (exact) mass is 500 g/mol. The van der Waals surface area contributed by atoms with Gasteiger partial charge in [-0.3, -0.25) is 9.59 Å². The molecule has 3 aromatic rings. The molecule has 0 bridgehead atoms. The summed E-state index contributed by atoms with van der Waals surface area (Å²) in [4.78, 5) is 29.7. The number of tetrazole rings is 1. The molecule has 0 unspecified atom stereocenters. The van der Waals surface area contributed by atoms with Gasteiger partial charge in [-0.1, -0.05) is 12.1 Å². The molecular weight excluding hydrogens is 474 g/mol. The maximum atomic E-state index is 12.7. The topological polar surface area (TPSA) is 132 Å². The SMILES string of the molecule is Cc1cc(-c2nnn(CC3CCC(C(=O)O)CC3)n2)cc(C(=O)NCc2cccc(OC(F)F)c2)n1. The average Bonchev–Trinajstić information content (AvgIpc) is 3.31. The number of alkyl halides is 2. The van der Waals surface area contributed by atoms with Crippen molar-refractivity contribution in [1.29, 1.82) is 0 Å². The third-order valence-corrected chi connectivity index (χ3v) is 6.09. The highest BCUT2D eigenvalue weighted by atomic mass is 19.3. The molecule has 12 heteroatoms. The molecule has 4 rings (SSSR count). The Morgan fingerprint density at radius 1 is 1.19 bits per heavy atom. The van der Waals surface area contributed by atoms with E-state index in [4.69, 9.17) is 5.11 Å². The molecule has 190 valence electrons. The number of nitrogens with zero attached hydrogens (tertiary/aromatic N) is 5. The van der Waals surface area contributed by atoms with Crippen LogP contribution in [-0.4, -0.2) is 48.8 Å². The first kappa shape index (κ1) is 25.1. The molecule has 2 aromatic heterocycles. The number of ether oxygens (including phenoxy) is 1. The van der Waals surface area contributed by atoms with Gasteiger partial charge in [0.1, 0.15) is 11.4 Å². The van der Waals surface area contributed by atoms with Crippen LogP contribution < -0.4 is 10.1 Å². The normalized spacial score (nSPS) is 17.7. The van der Waals surface area contributed by atoms with Crippen molar-refractivity contribution >= 4 is 11.9 Å². The number of aromatic nitrogens is 5. The van der Waals surface area contributed by atoms with E-state index in [9.17, 15) is 18.4 Å². The number of hydrogen-bond donors (Lipinski definition) is 2. The summed E-state index contributed by atoms with van der Waals surface area (Å²) < 4.78 is 29.2. The van der Waals surface area contributed by atoms with Crippen LogP contribution in [0.4, 0.5) is 8.78 Å². The van der Waals surface area contributed by atoms with Crippen molar-refractivity contribution in [2.75, 3.05) is 0 Å². The minimum atomic E-state index is -2.93. The van der Waals surface area contributed by atoms with Crippen LogP contribution in [0.15, 0.2) is 36.4 Å². The Morgan fingerprint density at radius 2 is 1.97 bits per heavy atom. The summed E-state index contributed by atoms with van der Waals surface area (Å²) in [6.45, 7) is -0.534. The number of aliphatic carboxylic acids is 1. The molecule has 1 aliphatic carbocycles. The molecule has 10 nitrogen and oxygen atoms in total. The molecule has 1 amide bonds. The van der Waals surface area contributed by atoms with Crippen molar-refractivity contribution in [3.8, 4) is 17.1 Å². The van der Waals surface area contributed by atoms with Crippen molar-refractivity contribution in [2.24, 2.45) is 11.8 Å². The predicted molar refractivity (Wildman–Crippen MR) is 123 cm³/mol. The van der Waals surface area contributed by atoms with Crippen LogP contribution in [0.25, 0.3) is 11.4 Å². The van der Waals surface area contributed by atoms with Crippen LogP contribution in [0.2, 0.25) is 0 Å². The summed E-state index contributed by atoms with van der Waals surface area (Å²) >= 11 is 0. The van der Waals surface area contributed by atoms with Crippen LogP contribution in [0.5, 0.6) is 5.75 Å². The number of hydrogen-bond acceptors (Lipinski definition) is 7. The molecule has 0 atom stereocenters. The highest BCUT2D eigenvalue weighted by molar-refractivity contribution is 5.93. The molecule has 1 aliphatic rings. The van der Waals surface area contributed by atoms with Crippen molar-refractivity contribution < 1.29 is 28.2 Å². The van der Waals surface area contributed by atoms with E-state index in [1.807, 2.05) is 0 Å². The molecule has 0 spiro atoms. The Bertz CT molecular complexity index is 1230. The minimum Gasteiger partial charge on any atom is -0.481 e. The first-order chi connectivity index (χ1) is 17.3. The van der Waals surface area contributed by atoms with Gasteiger partial charge in [0, 0.05) is 17.8 Å². The molecule has 2 N–H and O–H groups in total. The van der Waals surface area contributed by atoms with Gasteiger partial charge in [0.15, 0.2) is 0 Å². The summed E-state index contributed by atoms with van der Waals surface area (Å²) in [5.74, 6) is -0.811. The summed E-state index contributed by atoms with van der Waals surface area (Å²) in [6, 6.07) is 9.41. The quantitative estimate of drug-likeness (QED) is 0.457. The van der Waals surface area contributed by atoms with E-state index in [1.54, 1.807) is 31.2 Å². The van der Waals surface area contributed by atoms with Crippen LogP contribution in [0, 0.1) is 18.8 Å². The number of carbonyl (C=O) groups excluding carboxylic acids is 1. The Kier molecular flexibility index (Phi) is 7.81. The second kappa shape index (κ2) is 11.2. The molecule has 1 saturated carbocycles. The number of rotatable bonds is 9. The van der Waals surface area contributed by atoms with Gasteiger partial charge in [-0.25, -0.2) is 4.98 Å². The zero-order valence-corrected chi connectivity index (χ0v) is 19.6. The number of aryl methyl sites for hydroxylation is 1. The molecule has 1 aromatic carbocycles. The minimum absolute atomic E-state index is 0.0109.